The molecule has 5 rings (SSSR count). The molecule has 0 bridgehead atoms. The van der Waals surface area contributed by atoms with Gasteiger partial charge in [-0.3, -0.25) is 9.10 Å². The van der Waals surface area contributed by atoms with Crippen LogP contribution in [0.15, 0.2) is 71.6 Å². The average molecular weight is 542 g/mol. The van der Waals surface area contributed by atoms with E-state index < -0.39 is 22.4 Å². The van der Waals surface area contributed by atoms with Crippen LogP contribution in [0, 0.1) is 5.82 Å². The quantitative estimate of drug-likeness (QED) is 0.454. The van der Waals surface area contributed by atoms with Gasteiger partial charge in [0.1, 0.15) is 31.3 Å². The highest BCUT2D eigenvalue weighted by atomic mass is 32.2. The van der Waals surface area contributed by atoms with Crippen molar-refractivity contribution in [1.29, 1.82) is 0 Å². The van der Waals surface area contributed by atoms with Gasteiger partial charge in [0.05, 0.1) is 17.7 Å². The summed E-state index contributed by atoms with van der Waals surface area (Å²) < 4.78 is 58.4. The maximum atomic E-state index is 13.8. The highest BCUT2D eigenvalue weighted by Crippen LogP contribution is 2.34. The first-order valence-corrected chi connectivity index (χ1v) is 13.6. The fraction of sp³-hybridized carbons (Fsp3) is 0.296. The first-order chi connectivity index (χ1) is 18.3. The van der Waals surface area contributed by atoms with Crippen LogP contribution in [0.4, 0.5) is 15.8 Å². The number of piperazine rings is 1. The molecule has 0 atom stereocenters. The van der Waals surface area contributed by atoms with Crippen molar-refractivity contribution >= 4 is 27.3 Å². The van der Waals surface area contributed by atoms with Gasteiger partial charge in [-0.15, -0.1) is 0 Å². The summed E-state index contributed by atoms with van der Waals surface area (Å²) >= 11 is 0. The molecule has 38 heavy (non-hydrogen) atoms. The van der Waals surface area contributed by atoms with Crippen LogP contribution in [-0.2, 0) is 14.8 Å². The van der Waals surface area contributed by atoms with E-state index in [1.165, 1.54) is 42.5 Å². The number of carbonyl (C=O) groups excluding carboxylic acids is 1. The summed E-state index contributed by atoms with van der Waals surface area (Å²) in [6.45, 7) is 2.33. The second kappa shape index (κ2) is 10.8. The molecule has 0 aromatic heterocycles. The Morgan fingerprint density at radius 3 is 2.24 bits per heavy atom. The Morgan fingerprint density at radius 1 is 0.921 bits per heavy atom. The van der Waals surface area contributed by atoms with Crippen molar-refractivity contribution in [2.24, 2.45) is 0 Å². The molecule has 0 spiro atoms. The van der Waals surface area contributed by atoms with Gasteiger partial charge in [-0.25, -0.2) is 12.8 Å². The summed E-state index contributed by atoms with van der Waals surface area (Å²) in [5.74, 6) is 0.686. The first-order valence-electron chi connectivity index (χ1n) is 12.2. The molecule has 2 heterocycles. The molecule has 11 heteroatoms. The van der Waals surface area contributed by atoms with E-state index in [9.17, 15) is 17.6 Å². The smallest absolute Gasteiger partial charge is 0.264 e. The van der Waals surface area contributed by atoms with Crippen LogP contribution in [0.1, 0.15) is 0 Å². The number of hydrogen-bond donors (Lipinski definition) is 0. The Balaban J connectivity index is 1.34. The lowest BCUT2D eigenvalue weighted by molar-refractivity contribution is -0.129. The fourth-order valence-corrected chi connectivity index (χ4v) is 5.89. The van der Waals surface area contributed by atoms with Crippen molar-refractivity contribution in [2.75, 3.05) is 62.3 Å². The van der Waals surface area contributed by atoms with Crippen molar-refractivity contribution in [3.63, 3.8) is 0 Å². The number of hydrogen-bond acceptors (Lipinski definition) is 7. The van der Waals surface area contributed by atoms with Crippen LogP contribution in [0.25, 0.3) is 0 Å². The van der Waals surface area contributed by atoms with E-state index in [4.69, 9.17) is 14.2 Å². The van der Waals surface area contributed by atoms with Crippen LogP contribution in [0.2, 0.25) is 0 Å². The van der Waals surface area contributed by atoms with E-state index in [0.717, 1.165) is 15.7 Å². The number of fused-ring (bicyclic) bond motifs is 1. The minimum absolute atomic E-state index is 0.0526. The van der Waals surface area contributed by atoms with E-state index >= 15 is 0 Å². The molecule has 9 nitrogen and oxygen atoms in total. The minimum atomic E-state index is -4.19. The number of methoxy groups -OCH3 is 1. The second-order valence-corrected chi connectivity index (χ2v) is 10.7. The minimum Gasteiger partial charge on any atom is -0.497 e. The Bertz CT molecular complexity index is 1390. The zero-order chi connectivity index (χ0) is 26.7. The zero-order valence-corrected chi connectivity index (χ0v) is 21.7. The highest BCUT2D eigenvalue weighted by Gasteiger charge is 2.31. The van der Waals surface area contributed by atoms with Crippen LogP contribution >= 0.6 is 0 Å². The molecule has 200 valence electrons. The van der Waals surface area contributed by atoms with Gasteiger partial charge in [0.25, 0.3) is 10.0 Å². The lowest BCUT2D eigenvalue weighted by Crippen LogP contribution is -2.52. The maximum Gasteiger partial charge on any atom is 0.264 e. The molecule has 1 fully saturated rings. The third-order valence-electron chi connectivity index (χ3n) is 6.57. The second-order valence-electron chi connectivity index (χ2n) is 8.86. The monoisotopic (exact) mass is 541 g/mol. The van der Waals surface area contributed by atoms with Gasteiger partial charge in [0.2, 0.25) is 5.91 Å². The van der Waals surface area contributed by atoms with Gasteiger partial charge in [-0.2, -0.15) is 0 Å². The van der Waals surface area contributed by atoms with Crippen LogP contribution < -0.4 is 23.4 Å². The van der Waals surface area contributed by atoms with E-state index in [1.54, 1.807) is 12.0 Å². The molecule has 0 unspecified atom stereocenters. The SMILES string of the molecule is COc1ccc(N2CCN(C(=O)CN(c3ccc(F)cc3)S(=O)(=O)c3ccc4c(c3)OCCO4)CC2)cc1. The molecule has 0 aliphatic carbocycles. The van der Waals surface area contributed by atoms with E-state index in [2.05, 4.69) is 4.90 Å². The van der Waals surface area contributed by atoms with Crippen LogP contribution in [0.3, 0.4) is 0 Å². The Morgan fingerprint density at radius 2 is 1.58 bits per heavy atom. The Kier molecular flexibility index (Phi) is 7.28. The summed E-state index contributed by atoms with van der Waals surface area (Å²) in [6.07, 6.45) is 0. The normalized spacial score (nSPS) is 15.2. The van der Waals surface area contributed by atoms with Gasteiger partial charge in [-0.05, 0) is 60.7 Å². The number of amides is 1. The summed E-state index contributed by atoms with van der Waals surface area (Å²) in [5.41, 5.74) is 1.21. The highest BCUT2D eigenvalue weighted by molar-refractivity contribution is 7.92. The van der Waals surface area contributed by atoms with E-state index in [-0.39, 0.29) is 16.5 Å². The fourth-order valence-electron chi connectivity index (χ4n) is 4.46. The lowest BCUT2D eigenvalue weighted by atomic mass is 10.2. The number of sulfonamides is 1. The molecule has 2 aliphatic rings. The molecule has 2 aliphatic heterocycles. The molecule has 0 radical (unpaired) electrons. The summed E-state index contributed by atoms with van der Waals surface area (Å²) in [5, 5.41) is 0. The van der Waals surface area contributed by atoms with Gasteiger partial charge in [0.15, 0.2) is 11.5 Å². The Hall–Kier alpha value is -3.99. The number of nitrogens with zero attached hydrogens (tertiary/aromatic N) is 3. The van der Waals surface area contributed by atoms with Crippen molar-refractivity contribution in [1.82, 2.24) is 4.90 Å². The third-order valence-corrected chi connectivity index (χ3v) is 8.33. The van der Waals surface area contributed by atoms with E-state index in [0.29, 0.717) is 50.9 Å². The Labute approximate surface area is 221 Å². The van der Waals surface area contributed by atoms with Gasteiger partial charge >= 0.3 is 0 Å². The van der Waals surface area contributed by atoms with Crippen LogP contribution in [0.5, 0.6) is 17.2 Å². The molecule has 3 aromatic rings. The molecule has 3 aromatic carbocycles. The maximum absolute atomic E-state index is 13.8. The van der Waals surface area contributed by atoms with Gasteiger partial charge in [-0.1, -0.05) is 0 Å². The van der Waals surface area contributed by atoms with Crippen molar-refractivity contribution in [2.45, 2.75) is 4.90 Å². The number of ether oxygens (including phenoxy) is 3. The zero-order valence-electron chi connectivity index (χ0n) is 20.9. The summed E-state index contributed by atoms with van der Waals surface area (Å²) in [6, 6.07) is 17.1. The van der Waals surface area contributed by atoms with E-state index in [1.807, 2.05) is 24.3 Å². The summed E-state index contributed by atoms with van der Waals surface area (Å²) in [4.78, 5) is 17.1. The standard InChI is InChI=1S/C27H28FN3O6S/c1-35-23-8-6-21(7-9-23)29-12-14-30(15-13-29)27(32)19-31(22-4-2-20(28)3-5-22)38(33,34)24-10-11-25-26(18-24)37-17-16-36-25/h2-11,18H,12-17,19H2,1H3. The number of halogens is 1. The largest absolute Gasteiger partial charge is 0.497 e. The molecule has 0 N–H and O–H groups in total. The molecular formula is C27H28FN3O6S. The molecule has 0 saturated carbocycles. The predicted molar refractivity (Wildman–Crippen MR) is 140 cm³/mol. The van der Waals surface area contributed by atoms with Crippen molar-refractivity contribution < 1.29 is 31.8 Å². The molecular weight excluding hydrogens is 513 g/mol. The van der Waals surface area contributed by atoms with Gasteiger partial charge < -0.3 is 24.0 Å². The predicted octanol–water partition coefficient (Wildman–Crippen LogP) is 3.15. The molecule has 1 saturated heterocycles. The average Bonchev–Trinajstić information content (AvgIpc) is 2.96. The third kappa shape index (κ3) is 5.33. The van der Waals surface area contributed by atoms with Crippen LogP contribution in [-0.4, -0.2) is 72.3 Å². The summed E-state index contributed by atoms with van der Waals surface area (Å²) in [7, 11) is -2.58. The first kappa shape index (κ1) is 25.7. The number of carbonyl (C=O) groups is 1. The molecule has 1 amide bonds. The van der Waals surface area contributed by atoms with Crippen molar-refractivity contribution in [3.05, 3.63) is 72.5 Å². The number of rotatable bonds is 7. The van der Waals surface area contributed by atoms with Crippen molar-refractivity contribution in [3.8, 4) is 17.2 Å². The number of anilines is 2. The topological polar surface area (TPSA) is 88.6 Å². The number of benzene rings is 3. The van der Waals surface area contributed by atoms with Gasteiger partial charge in [0, 0.05) is 37.9 Å². The lowest BCUT2D eigenvalue weighted by Gasteiger charge is -2.37.